The smallest absolute Gasteiger partial charge is 0.226 e. The van der Waals surface area contributed by atoms with Gasteiger partial charge >= 0.3 is 0 Å². The molecule has 1 atom stereocenters. The number of nitrogens with one attached hydrogen (secondary N) is 1. The summed E-state index contributed by atoms with van der Waals surface area (Å²) in [5.74, 6) is 1.53. The van der Waals surface area contributed by atoms with Crippen molar-refractivity contribution in [1.82, 2.24) is 20.4 Å². The largest absolute Gasteiger partial charge is 0.339 e. The zero-order valence-corrected chi connectivity index (χ0v) is 14.3. The maximum atomic E-state index is 5.19. The molecule has 24 heavy (non-hydrogen) atoms. The highest BCUT2D eigenvalue weighted by Crippen LogP contribution is 2.13. The van der Waals surface area contributed by atoms with Crippen LogP contribution in [0.5, 0.6) is 0 Å². The summed E-state index contributed by atoms with van der Waals surface area (Å²) in [5, 5.41) is 7.69. The van der Waals surface area contributed by atoms with Crippen LogP contribution in [0, 0.1) is 0 Å². The Hall–Kier alpha value is -1.98. The fraction of sp³-hybridized carbons (Fsp3) is 0.474. The zero-order chi connectivity index (χ0) is 16.6. The van der Waals surface area contributed by atoms with E-state index in [1.165, 1.54) is 18.4 Å². The quantitative estimate of drug-likeness (QED) is 0.848. The maximum absolute atomic E-state index is 5.19. The number of hydrogen-bond donors (Lipinski definition) is 1. The highest BCUT2D eigenvalue weighted by molar-refractivity contribution is 5.48. The number of aryl methyl sites for hydroxylation is 1. The first-order chi connectivity index (χ1) is 11.8. The van der Waals surface area contributed by atoms with Crippen molar-refractivity contribution in [2.75, 3.05) is 19.6 Å². The molecule has 3 rings (SSSR count). The van der Waals surface area contributed by atoms with E-state index in [1.807, 2.05) is 13.0 Å². The summed E-state index contributed by atoms with van der Waals surface area (Å²) >= 11 is 0. The summed E-state index contributed by atoms with van der Waals surface area (Å²) in [6.45, 7) is 5.85. The Kier molecular flexibility index (Phi) is 6.15. The number of benzene rings is 1. The number of rotatable bonds is 7. The summed E-state index contributed by atoms with van der Waals surface area (Å²) in [6, 6.07) is 10.9. The van der Waals surface area contributed by atoms with Gasteiger partial charge in [0.2, 0.25) is 5.89 Å². The lowest BCUT2D eigenvalue weighted by atomic mass is 10.1. The van der Waals surface area contributed by atoms with Crippen molar-refractivity contribution >= 4 is 6.08 Å². The predicted octanol–water partition coefficient (Wildman–Crippen LogP) is 2.90. The molecule has 0 amide bonds. The van der Waals surface area contributed by atoms with Crippen LogP contribution >= 0.6 is 0 Å². The van der Waals surface area contributed by atoms with E-state index in [0.29, 0.717) is 6.04 Å². The fourth-order valence-corrected chi connectivity index (χ4v) is 3.06. The molecule has 1 aromatic carbocycles. The lowest BCUT2D eigenvalue weighted by Gasteiger charge is -2.32. The molecule has 0 radical (unpaired) electrons. The van der Waals surface area contributed by atoms with Crippen LogP contribution in [0.15, 0.2) is 40.9 Å². The number of piperidine rings is 1. The van der Waals surface area contributed by atoms with Crippen LogP contribution in [0.4, 0.5) is 0 Å². The lowest BCUT2D eigenvalue weighted by Crippen LogP contribution is -2.45. The van der Waals surface area contributed by atoms with E-state index in [9.17, 15) is 0 Å². The molecule has 1 saturated heterocycles. The highest BCUT2D eigenvalue weighted by atomic mass is 16.5. The Morgan fingerprint density at radius 1 is 1.33 bits per heavy atom. The Morgan fingerprint density at radius 3 is 3.00 bits per heavy atom. The van der Waals surface area contributed by atoms with E-state index >= 15 is 0 Å². The van der Waals surface area contributed by atoms with Gasteiger partial charge < -0.3 is 9.84 Å². The Bertz CT molecular complexity index is 638. The highest BCUT2D eigenvalue weighted by Gasteiger charge is 2.20. The summed E-state index contributed by atoms with van der Waals surface area (Å²) in [4.78, 5) is 6.81. The summed E-state index contributed by atoms with van der Waals surface area (Å²) in [7, 11) is 0. The van der Waals surface area contributed by atoms with Gasteiger partial charge in [0, 0.05) is 25.6 Å². The van der Waals surface area contributed by atoms with E-state index in [2.05, 4.69) is 56.8 Å². The molecule has 1 fully saturated rings. The van der Waals surface area contributed by atoms with Crippen molar-refractivity contribution in [3.63, 3.8) is 0 Å². The minimum absolute atomic E-state index is 0.525. The summed E-state index contributed by atoms with van der Waals surface area (Å²) in [6.07, 6.45) is 7.59. The normalized spacial score (nSPS) is 19.1. The fourth-order valence-electron chi connectivity index (χ4n) is 3.06. The molecular formula is C19H26N4O. The van der Waals surface area contributed by atoms with Crippen LogP contribution in [-0.4, -0.2) is 40.7 Å². The van der Waals surface area contributed by atoms with Gasteiger partial charge in [0.1, 0.15) is 0 Å². The topological polar surface area (TPSA) is 54.2 Å². The van der Waals surface area contributed by atoms with Gasteiger partial charge in [-0.1, -0.05) is 54.6 Å². The minimum atomic E-state index is 0.525. The van der Waals surface area contributed by atoms with Crippen LogP contribution in [0.25, 0.3) is 6.08 Å². The second kappa shape index (κ2) is 8.76. The number of likely N-dealkylation sites (tertiary alicyclic amines) is 1. The third-order valence-electron chi connectivity index (χ3n) is 4.32. The van der Waals surface area contributed by atoms with Gasteiger partial charge in [-0.15, -0.1) is 0 Å². The minimum Gasteiger partial charge on any atom is -0.339 e. The molecule has 5 nitrogen and oxygen atoms in total. The number of aromatic nitrogens is 2. The van der Waals surface area contributed by atoms with Gasteiger partial charge in [0.25, 0.3) is 0 Å². The molecule has 0 spiro atoms. The molecule has 5 heteroatoms. The van der Waals surface area contributed by atoms with E-state index < -0.39 is 0 Å². The predicted molar refractivity (Wildman–Crippen MR) is 95.5 cm³/mol. The molecule has 128 valence electrons. The van der Waals surface area contributed by atoms with Crippen LogP contribution in [0.3, 0.4) is 0 Å². The first-order valence-electron chi connectivity index (χ1n) is 8.82. The van der Waals surface area contributed by atoms with Gasteiger partial charge in [-0.3, -0.25) is 4.90 Å². The molecule has 2 aromatic rings. The van der Waals surface area contributed by atoms with Crippen LogP contribution in [-0.2, 0) is 13.0 Å². The Labute approximate surface area is 143 Å². The summed E-state index contributed by atoms with van der Waals surface area (Å²) in [5.41, 5.74) is 1.24. The third-order valence-corrected chi connectivity index (χ3v) is 4.32. The standard InChI is InChI=1S/C19H26N4O/c1-2-19-21-18(22-24-19)15-23-13-7-11-17(14-23)20-12-6-10-16-8-4-3-5-9-16/h3-6,8-10,17,20H,2,7,11-15H2,1H3/b10-6+/t17-/m1/s1. The zero-order valence-electron chi connectivity index (χ0n) is 14.3. The van der Waals surface area contributed by atoms with E-state index in [-0.39, 0.29) is 0 Å². The monoisotopic (exact) mass is 326 g/mol. The van der Waals surface area contributed by atoms with E-state index in [4.69, 9.17) is 4.52 Å². The first-order valence-corrected chi connectivity index (χ1v) is 8.82. The molecule has 2 heterocycles. The van der Waals surface area contributed by atoms with E-state index in [1.54, 1.807) is 0 Å². The van der Waals surface area contributed by atoms with Crippen LogP contribution in [0.2, 0.25) is 0 Å². The Morgan fingerprint density at radius 2 is 2.21 bits per heavy atom. The molecule has 0 saturated carbocycles. The van der Waals surface area contributed by atoms with Crippen LogP contribution < -0.4 is 5.32 Å². The van der Waals surface area contributed by atoms with Crippen molar-refractivity contribution in [2.45, 2.75) is 38.8 Å². The number of hydrogen-bond acceptors (Lipinski definition) is 5. The first kappa shape index (κ1) is 16.9. The molecule has 1 aliphatic rings. The van der Waals surface area contributed by atoms with Crippen molar-refractivity contribution in [2.24, 2.45) is 0 Å². The Balaban J connectivity index is 1.42. The van der Waals surface area contributed by atoms with Crippen molar-refractivity contribution in [1.29, 1.82) is 0 Å². The molecule has 1 aliphatic heterocycles. The maximum Gasteiger partial charge on any atom is 0.226 e. The molecule has 0 aliphatic carbocycles. The van der Waals surface area contributed by atoms with Gasteiger partial charge in [-0.05, 0) is 24.9 Å². The second-order valence-electron chi connectivity index (χ2n) is 6.25. The lowest BCUT2D eigenvalue weighted by molar-refractivity contribution is 0.180. The van der Waals surface area contributed by atoms with Crippen molar-refractivity contribution in [3.05, 3.63) is 53.7 Å². The molecule has 1 N–H and O–H groups in total. The molecular weight excluding hydrogens is 300 g/mol. The SMILES string of the molecule is CCc1nc(CN2CCC[C@@H](NC/C=C/c3ccccc3)C2)no1. The van der Waals surface area contributed by atoms with Gasteiger partial charge in [0.05, 0.1) is 6.54 Å². The van der Waals surface area contributed by atoms with Crippen molar-refractivity contribution in [3.8, 4) is 0 Å². The molecule has 0 bridgehead atoms. The second-order valence-corrected chi connectivity index (χ2v) is 6.25. The number of nitrogens with zero attached hydrogens (tertiary/aromatic N) is 3. The molecule has 1 aromatic heterocycles. The average Bonchev–Trinajstić information content (AvgIpc) is 3.08. The van der Waals surface area contributed by atoms with Crippen LogP contribution in [0.1, 0.15) is 37.0 Å². The van der Waals surface area contributed by atoms with Gasteiger partial charge in [-0.25, -0.2) is 0 Å². The van der Waals surface area contributed by atoms with E-state index in [0.717, 1.165) is 44.3 Å². The summed E-state index contributed by atoms with van der Waals surface area (Å²) < 4.78 is 5.19. The van der Waals surface area contributed by atoms with Crippen molar-refractivity contribution < 1.29 is 4.52 Å². The van der Waals surface area contributed by atoms with Gasteiger partial charge in [0.15, 0.2) is 5.82 Å². The average molecular weight is 326 g/mol. The molecule has 0 unspecified atom stereocenters. The third kappa shape index (κ3) is 5.01. The van der Waals surface area contributed by atoms with Gasteiger partial charge in [-0.2, -0.15) is 4.98 Å².